The molecule has 0 unspecified atom stereocenters. The molecule has 6 heteroatoms. The van der Waals surface area contributed by atoms with E-state index in [1.165, 1.54) is 0 Å². The molecule has 2 rings (SSSR count). The summed E-state index contributed by atoms with van der Waals surface area (Å²) in [7, 11) is 3.48. The molecule has 0 atom stereocenters. The number of hydrogen-bond donors (Lipinski definition) is 2. The Balaban J connectivity index is 2.15. The molecule has 0 aliphatic heterocycles. The molecule has 0 fully saturated rings. The highest BCUT2D eigenvalue weighted by atomic mass is 16.2. The summed E-state index contributed by atoms with van der Waals surface area (Å²) in [6, 6.07) is 3.49. The lowest BCUT2D eigenvalue weighted by Crippen LogP contribution is -2.27. The fraction of sp³-hybridized carbons (Fsp3) is 0.250. The Morgan fingerprint density at radius 2 is 2.28 bits per heavy atom. The Kier molecular flexibility index (Phi) is 3.57. The first kappa shape index (κ1) is 12.1. The molecule has 0 bridgehead atoms. The van der Waals surface area contributed by atoms with Crippen molar-refractivity contribution < 1.29 is 4.79 Å². The minimum absolute atomic E-state index is 0.0937. The lowest BCUT2D eigenvalue weighted by molar-refractivity contribution is 0.0782. The summed E-state index contributed by atoms with van der Waals surface area (Å²) in [5, 5.41) is 2.91. The van der Waals surface area contributed by atoms with Gasteiger partial charge in [0.2, 0.25) is 0 Å². The van der Waals surface area contributed by atoms with Gasteiger partial charge in [0.1, 0.15) is 11.6 Å². The molecule has 2 N–H and O–H groups in total. The van der Waals surface area contributed by atoms with E-state index in [2.05, 4.69) is 20.3 Å². The molecule has 18 heavy (non-hydrogen) atoms. The molecule has 6 nitrogen and oxygen atoms in total. The number of aromatic amines is 1. The second-order valence-electron chi connectivity index (χ2n) is 3.85. The molecule has 2 aromatic heterocycles. The van der Waals surface area contributed by atoms with Gasteiger partial charge >= 0.3 is 0 Å². The van der Waals surface area contributed by atoms with E-state index in [-0.39, 0.29) is 5.91 Å². The highest BCUT2D eigenvalue weighted by molar-refractivity contribution is 5.98. The van der Waals surface area contributed by atoms with Crippen molar-refractivity contribution in [1.29, 1.82) is 0 Å². The number of carbonyl (C=O) groups excluding carboxylic acids is 1. The number of H-pyrrole nitrogens is 1. The first-order valence-electron chi connectivity index (χ1n) is 5.59. The van der Waals surface area contributed by atoms with Crippen LogP contribution in [-0.4, -0.2) is 39.9 Å². The molecular weight excluding hydrogens is 230 g/mol. The van der Waals surface area contributed by atoms with Gasteiger partial charge in [-0.1, -0.05) is 0 Å². The number of nitrogens with one attached hydrogen (secondary N) is 2. The summed E-state index contributed by atoms with van der Waals surface area (Å²) in [5.41, 5.74) is 0.550. The maximum Gasteiger partial charge on any atom is 0.257 e. The third-order valence-electron chi connectivity index (χ3n) is 2.56. The SMILES string of the molecule is CNc1ncccc1C(=O)N(C)Cc1ncc[nH]1. The summed E-state index contributed by atoms with van der Waals surface area (Å²) in [5.74, 6) is 1.23. The van der Waals surface area contributed by atoms with E-state index in [4.69, 9.17) is 0 Å². The number of nitrogens with zero attached hydrogens (tertiary/aromatic N) is 3. The average Bonchev–Trinajstić information content (AvgIpc) is 2.90. The second kappa shape index (κ2) is 5.31. The zero-order valence-corrected chi connectivity index (χ0v) is 10.3. The molecule has 0 saturated carbocycles. The Bertz CT molecular complexity index is 523. The van der Waals surface area contributed by atoms with Crippen LogP contribution >= 0.6 is 0 Å². The Labute approximate surface area is 105 Å². The van der Waals surface area contributed by atoms with E-state index < -0.39 is 0 Å². The fourth-order valence-electron chi connectivity index (χ4n) is 1.66. The van der Waals surface area contributed by atoms with Gasteiger partial charge in [-0.25, -0.2) is 9.97 Å². The van der Waals surface area contributed by atoms with Gasteiger partial charge in [0.25, 0.3) is 5.91 Å². The monoisotopic (exact) mass is 245 g/mol. The molecule has 2 aromatic rings. The fourth-order valence-corrected chi connectivity index (χ4v) is 1.66. The maximum atomic E-state index is 12.3. The van der Waals surface area contributed by atoms with Crippen LogP contribution in [0.2, 0.25) is 0 Å². The first-order chi connectivity index (χ1) is 8.72. The Hall–Kier alpha value is -2.37. The molecule has 1 amide bonds. The third kappa shape index (κ3) is 2.48. The lowest BCUT2D eigenvalue weighted by Gasteiger charge is -2.17. The molecule has 0 aliphatic rings. The van der Waals surface area contributed by atoms with Gasteiger partial charge in [0, 0.05) is 32.7 Å². The van der Waals surface area contributed by atoms with Crippen LogP contribution in [0.5, 0.6) is 0 Å². The van der Waals surface area contributed by atoms with Crippen molar-refractivity contribution in [3.05, 3.63) is 42.1 Å². The van der Waals surface area contributed by atoms with Crippen molar-refractivity contribution in [3.63, 3.8) is 0 Å². The number of aromatic nitrogens is 3. The third-order valence-corrected chi connectivity index (χ3v) is 2.56. The number of pyridine rings is 1. The standard InChI is InChI=1S/C12H15N5O/c1-13-11-9(4-3-5-16-11)12(18)17(2)8-10-14-6-7-15-10/h3-7H,8H2,1-2H3,(H,13,16)(H,14,15). The van der Waals surface area contributed by atoms with Crippen LogP contribution in [-0.2, 0) is 6.54 Å². The molecule has 0 radical (unpaired) electrons. The van der Waals surface area contributed by atoms with Gasteiger partial charge < -0.3 is 15.2 Å². The number of anilines is 1. The zero-order chi connectivity index (χ0) is 13.0. The Morgan fingerprint density at radius 1 is 1.44 bits per heavy atom. The van der Waals surface area contributed by atoms with E-state index >= 15 is 0 Å². The summed E-state index contributed by atoms with van der Waals surface area (Å²) in [6.07, 6.45) is 5.04. The van der Waals surface area contributed by atoms with Gasteiger partial charge in [-0.15, -0.1) is 0 Å². The average molecular weight is 245 g/mol. The Morgan fingerprint density at radius 3 is 2.94 bits per heavy atom. The number of hydrogen-bond acceptors (Lipinski definition) is 4. The molecule has 94 valence electrons. The minimum Gasteiger partial charge on any atom is -0.372 e. The lowest BCUT2D eigenvalue weighted by atomic mass is 10.2. The van der Waals surface area contributed by atoms with Crippen LogP contribution in [0, 0.1) is 0 Å². The summed E-state index contributed by atoms with van der Waals surface area (Å²) >= 11 is 0. The topological polar surface area (TPSA) is 73.9 Å². The second-order valence-corrected chi connectivity index (χ2v) is 3.85. The van der Waals surface area contributed by atoms with Gasteiger partial charge in [-0.05, 0) is 12.1 Å². The normalized spacial score (nSPS) is 10.1. The van der Waals surface area contributed by atoms with Crippen molar-refractivity contribution in [3.8, 4) is 0 Å². The molecule has 2 heterocycles. The van der Waals surface area contributed by atoms with Crippen LogP contribution in [0.4, 0.5) is 5.82 Å². The van der Waals surface area contributed by atoms with Crippen molar-refractivity contribution in [2.75, 3.05) is 19.4 Å². The summed E-state index contributed by atoms with van der Waals surface area (Å²) in [6.45, 7) is 0.434. The van der Waals surface area contributed by atoms with Crippen molar-refractivity contribution in [1.82, 2.24) is 19.9 Å². The van der Waals surface area contributed by atoms with E-state index in [9.17, 15) is 4.79 Å². The van der Waals surface area contributed by atoms with Crippen molar-refractivity contribution in [2.45, 2.75) is 6.54 Å². The van der Waals surface area contributed by atoms with Crippen LogP contribution in [0.3, 0.4) is 0 Å². The van der Waals surface area contributed by atoms with E-state index in [1.54, 1.807) is 49.7 Å². The number of rotatable bonds is 4. The quantitative estimate of drug-likeness (QED) is 0.846. The number of amides is 1. The number of carbonyl (C=O) groups is 1. The highest BCUT2D eigenvalue weighted by Gasteiger charge is 2.16. The smallest absolute Gasteiger partial charge is 0.257 e. The zero-order valence-electron chi connectivity index (χ0n) is 10.3. The van der Waals surface area contributed by atoms with Crippen LogP contribution in [0.1, 0.15) is 16.2 Å². The molecule has 0 aliphatic carbocycles. The summed E-state index contributed by atoms with van der Waals surface area (Å²) < 4.78 is 0. The highest BCUT2D eigenvalue weighted by Crippen LogP contribution is 2.13. The van der Waals surface area contributed by atoms with Gasteiger partial charge in [0.05, 0.1) is 12.1 Å². The van der Waals surface area contributed by atoms with Crippen LogP contribution in [0.15, 0.2) is 30.7 Å². The van der Waals surface area contributed by atoms with Gasteiger partial charge in [-0.2, -0.15) is 0 Å². The van der Waals surface area contributed by atoms with E-state index in [0.717, 1.165) is 5.82 Å². The molecule has 0 saturated heterocycles. The first-order valence-corrected chi connectivity index (χ1v) is 5.59. The van der Waals surface area contributed by atoms with E-state index in [1.807, 2.05) is 0 Å². The number of imidazole rings is 1. The minimum atomic E-state index is -0.0937. The van der Waals surface area contributed by atoms with Crippen LogP contribution < -0.4 is 5.32 Å². The van der Waals surface area contributed by atoms with Crippen molar-refractivity contribution in [2.24, 2.45) is 0 Å². The molecular formula is C12H15N5O. The maximum absolute atomic E-state index is 12.3. The molecule has 0 aromatic carbocycles. The van der Waals surface area contributed by atoms with Gasteiger partial charge in [0.15, 0.2) is 0 Å². The predicted octanol–water partition coefficient (Wildman–Crippen LogP) is 1.12. The largest absolute Gasteiger partial charge is 0.372 e. The van der Waals surface area contributed by atoms with Gasteiger partial charge in [-0.3, -0.25) is 4.79 Å². The van der Waals surface area contributed by atoms with E-state index in [0.29, 0.717) is 17.9 Å². The summed E-state index contributed by atoms with van der Waals surface area (Å²) in [4.78, 5) is 25.0. The molecule has 0 spiro atoms. The predicted molar refractivity (Wildman–Crippen MR) is 68.2 cm³/mol. The van der Waals surface area contributed by atoms with Crippen molar-refractivity contribution >= 4 is 11.7 Å². The van der Waals surface area contributed by atoms with Crippen LogP contribution in [0.25, 0.3) is 0 Å².